The number of non-ortho nitro benzene ring substituents is 1. The van der Waals surface area contributed by atoms with Gasteiger partial charge in [0.25, 0.3) is 11.2 Å². The quantitative estimate of drug-likeness (QED) is 0.375. The number of hydrogen-bond acceptors (Lipinski definition) is 7. The Morgan fingerprint density at radius 2 is 2.07 bits per heavy atom. The molecule has 0 fully saturated rings. The third-order valence-electron chi connectivity index (χ3n) is 4.09. The Bertz CT molecular complexity index is 1250. The molecule has 2 heterocycles. The van der Waals surface area contributed by atoms with Crippen LogP contribution in [-0.2, 0) is 13.0 Å². The molecule has 0 aliphatic rings. The number of fused-ring (bicyclic) bond motifs is 1. The summed E-state index contributed by atoms with van der Waals surface area (Å²) in [6.45, 7) is 0.00696. The van der Waals surface area contributed by atoms with Crippen LogP contribution < -0.4 is 5.56 Å². The van der Waals surface area contributed by atoms with Gasteiger partial charge < -0.3 is 4.52 Å². The molecule has 0 saturated heterocycles. The second kappa shape index (κ2) is 7.20. The molecule has 2 aromatic heterocycles. The number of aromatic nitrogens is 4. The zero-order chi connectivity index (χ0) is 19.7. The van der Waals surface area contributed by atoms with Crippen LogP contribution in [0.1, 0.15) is 17.3 Å². The van der Waals surface area contributed by atoms with E-state index in [4.69, 9.17) is 16.1 Å². The van der Waals surface area contributed by atoms with Gasteiger partial charge in [0.15, 0.2) is 5.82 Å². The van der Waals surface area contributed by atoms with E-state index in [0.29, 0.717) is 22.8 Å². The minimum absolute atomic E-state index is 0.00696. The lowest BCUT2D eigenvalue weighted by atomic mass is 10.1. The summed E-state index contributed by atoms with van der Waals surface area (Å²) >= 11 is 5.97. The molecule has 28 heavy (non-hydrogen) atoms. The summed E-state index contributed by atoms with van der Waals surface area (Å²) < 4.78 is 6.48. The van der Waals surface area contributed by atoms with Gasteiger partial charge in [0.1, 0.15) is 6.54 Å². The Kier molecular flexibility index (Phi) is 4.58. The monoisotopic (exact) mass is 397 g/mol. The topological polar surface area (TPSA) is 117 Å². The Labute approximate surface area is 162 Å². The molecular formula is C18H12ClN5O4. The molecule has 0 saturated carbocycles. The number of rotatable bonds is 5. The molecule has 0 unspecified atom stereocenters. The highest BCUT2D eigenvalue weighted by molar-refractivity contribution is 6.30. The molecule has 4 rings (SSSR count). The van der Waals surface area contributed by atoms with Gasteiger partial charge in [-0.1, -0.05) is 28.9 Å². The van der Waals surface area contributed by atoms with Crippen molar-refractivity contribution in [3.8, 4) is 0 Å². The summed E-state index contributed by atoms with van der Waals surface area (Å²) in [4.78, 5) is 31.5. The lowest BCUT2D eigenvalue weighted by molar-refractivity contribution is -0.384. The van der Waals surface area contributed by atoms with E-state index in [-0.39, 0.29) is 23.5 Å². The molecule has 140 valence electrons. The van der Waals surface area contributed by atoms with E-state index in [1.165, 1.54) is 29.1 Å². The highest BCUT2D eigenvalue weighted by atomic mass is 35.5. The Morgan fingerprint density at radius 3 is 2.86 bits per heavy atom. The minimum atomic E-state index is -0.559. The van der Waals surface area contributed by atoms with Gasteiger partial charge in [-0.2, -0.15) is 4.98 Å². The highest BCUT2D eigenvalue weighted by Gasteiger charge is 2.13. The number of nitro benzene ring substituents is 1. The van der Waals surface area contributed by atoms with Crippen molar-refractivity contribution in [2.45, 2.75) is 13.0 Å². The van der Waals surface area contributed by atoms with Crippen LogP contribution in [0.25, 0.3) is 10.9 Å². The van der Waals surface area contributed by atoms with Gasteiger partial charge in [0, 0.05) is 23.6 Å². The first-order valence-electron chi connectivity index (χ1n) is 8.19. The fourth-order valence-electron chi connectivity index (χ4n) is 2.77. The standard InChI is InChI=1S/C18H12ClN5O4/c19-12-3-1-2-11(6-12)7-16-21-17(28-22-16)9-23-10-20-15-5-4-13(24(26)27)8-14(15)18(23)25/h1-6,8,10H,7,9H2. The van der Waals surface area contributed by atoms with Gasteiger partial charge >= 0.3 is 0 Å². The maximum Gasteiger partial charge on any atom is 0.270 e. The fraction of sp³-hybridized carbons (Fsp3) is 0.111. The third kappa shape index (κ3) is 3.60. The number of nitro groups is 1. The lowest BCUT2D eigenvalue weighted by Gasteiger charge is -2.03. The normalized spacial score (nSPS) is 11.0. The first kappa shape index (κ1) is 17.8. The van der Waals surface area contributed by atoms with E-state index in [1.54, 1.807) is 6.07 Å². The zero-order valence-electron chi connectivity index (χ0n) is 14.3. The Morgan fingerprint density at radius 1 is 1.21 bits per heavy atom. The SMILES string of the molecule is O=c1c2cc([N+](=O)[O-])ccc2ncn1Cc1nc(Cc2cccc(Cl)c2)no1. The van der Waals surface area contributed by atoms with Gasteiger partial charge in [0.05, 0.1) is 22.2 Å². The molecule has 0 atom stereocenters. The highest BCUT2D eigenvalue weighted by Crippen LogP contribution is 2.17. The first-order chi connectivity index (χ1) is 13.5. The van der Waals surface area contributed by atoms with Gasteiger partial charge in [-0.3, -0.25) is 19.5 Å². The number of nitrogens with zero attached hydrogens (tertiary/aromatic N) is 5. The van der Waals surface area contributed by atoms with Crippen molar-refractivity contribution in [1.29, 1.82) is 0 Å². The number of hydrogen-bond donors (Lipinski definition) is 0. The Hall–Kier alpha value is -3.59. The molecule has 0 spiro atoms. The number of halogens is 1. The molecule has 0 aliphatic heterocycles. The average Bonchev–Trinajstić information content (AvgIpc) is 3.10. The molecule has 10 heteroatoms. The van der Waals surface area contributed by atoms with Crippen molar-refractivity contribution in [2.24, 2.45) is 0 Å². The van der Waals surface area contributed by atoms with Crippen molar-refractivity contribution in [2.75, 3.05) is 0 Å². The van der Waals surface area contributed by atoms with Gasteiger partial charge in [-0.15, -0.1) is 0 Å². The molecular weight excluding hydrogens is 386 g/mol. The second-order valence-electron chi connectivity index (χ2n) is 6.05. The summed E-state index contributed by atoms with van der Waals surface area (Å²) in [5.41, 5.74) is 0.699. The molecule has 0 N–H and O–H groups in total. The van der Waals surface area contributed by atoms with E-state index >= 15 is 0 Å². The van der Waals surface area contributed by atoms with E-state index < -0.39 is 10.5 Å². The van der Waals surface area contributed by atoms with Crippen LogP contribution in [0.3, 0.4) is 0 Å². The van der Waals surface area contributed by atoms with Crippen LogP contribution in [0, 0.1) is 10.1 Å². The van der Waals surface area contributed by atoms with Gasteiger partial charge in [0.2, 0.25) is 5.89 Å². The summed E-state index contributed by atoms with van der Waals surface area (Å²) in [7, 11) is 0. The molecule has 0 radical (unpaired) electrons. The molecule has 4 aromatic rings. The molecule has 9 nitrogen and oxygen atoms in total. The van der Waals surface area contributed by atoms with E-state index in [9.17, 15) is 14.9 Å². The average molecular weight is 398 g/mol. The Balaban J connectivity index is 1.60. The van der Waals surface area contributed by atoms with Crippen LogP contribution in [0.2, 0.25) is 5.02 Å². The molecule has 2 aromatic carbocycles. The minimum Gasteiger partial charge on any atom is -0.337 e. The van der Waals surface area contributed by atoms with Crippen molar-refractivity contribution in [3.05, 3.63) is 91.6 Å². The molecule has 0 amide bonds. The predicted molar refractivity (Wildman–Crippen MR) is 100 cm³/mol. The summed E-state index contributed by atoms with van der Waals surface area (Å²) in [6, 6.07) is 11.3. The van der Waals surface area contributed by atoms with E-state index in [2.05, 4.69) is 15.1 Å². The van der Waals surface area contributed by atoms with E-state index in [0.717, 1.165) is 5.56 Å². The predicted octanol–water partition coefficient (Wildman–Crippen LogP) is 2.98. The van der Waals surface area contributed by atoms with E-state index in [1.807, 2.05) is 18.2 Å². The first-order valence-corrected chi connectivity index (χ1v) is 8.57. The van der Waals surface area contributed by atoms with Crippen molar-refractivity contribution >= 4 is 28.2 Å². The summed E-state index contributed by atoms with van der Waals surface area (Å²) in [6.07, 6.45) is 1.78. The summed E-state index contributed by atoms with van der Waals surface area (Å²) in [5.74, 6) is 0.681. The smallest absolute Gasteiger partial charge is 0.270 e. The van der Waals surface area contributed by atoms with Crippen molar-refractivity contribution in [3.63, 3.8) is 0 Å². The van der Waals surface area contributed by atoms with Crippen LogP contribution in [0.15, 0.2) is 58.1 Å². The molecule has 0 bridgehead atoms. The van der Waals surface area contributed by atoms with Crippen LogP contribution >= 0.6 is 11.6 Å². The molecule has 0 aliphatic carbocycles. The van der Waals surface area contributed by atoms with Crippen LogP contribution in [-0.4, -0.2) is 24.6 Å². The zero-order valence-corrected chi connectivity index (χ0v) is 15.0. The van der Waals surface area contributed by atoms with Crippen LogP contribution in [0.5, 0.6) is 0 Å². The van der Waals surface area contributed by atoms with Crippen molar-refractivity contribution in [1.82, 2.24) is 19.7 Å². The number of benzene rings is 2. The lowest BCUT2D eigenvalue weighted by Crippen LogP contribution is -2.21. The second-order valence-corrected chi connectivity index (χ2v) is 6.48. The maximum atomic E-state index is 12.6. The van der Waals surface area contributed by atoms with Gasteiger partial charge in [-0.05, 0) is 23.8 Å². The van der Waals surface area contributed by atoms with Gasteiger partial charge in [-0.25, -0.2) is 4.98 Å². The summed E-state index contributed by atoms with van der Waals surface area (Å²) in [5, 5.41) is 15.6. The fourth-order valence-corrected chi connectivity index (χ4v) is 2.99. The largest absolute Gasteiger partial charge is 0.337 e. The van der Waals surface area contributed by atoms with Crippen molar-refractivity contribution < 1.29 is 9.45 Å². The third-order valence-corrected chi connectivity index (χ3v) is 4.32. The van der Waals surface area contributed by atoms with Crippen LogP contribution in [0.4, 0.5) is 5.69 Å². The maximum absolute atomic E-state index is 12.6.